The van der Waals surface area contributed by atoms with E-state index in [4.69, 9.17) is 4.74 Å². The normalized spacial score (nSPS) is 10.3. The second kappa shape index (κ2) is 7.77. The van der Waals surface area contributed by atoms with Gasteiger partial charge in [-0.15, -0.1) is 0 Å². The summed E-state index contributed by atoms with van der Waals surface area (Å²) in [4.78, 5) is 34.3. The Morgan fingerprint density at radius 3 is 1.96 bits per heavy atom. The quantitative estimate of drug-likeness (QED) is 0.439. The van der Waals surface area contributed by atoms with Crippen molar-refractivity contribution in [1.29, 1.82) is 0 Å². The minimum Gasteiger partial charge on any atom is -0.419 e. The van der Waals surface area contributed by atoms with E-state index in [0.717, 1.165) is 5.56 Å². The summed E-state index contributed by atoms with van der Waals surface area (Å²) in [6.45, 7) is 1.32. The van der Waals surface area contributed by atoms with Crippen molar-refractivity contribution in [1.82, 2.24) is 9.97 Å². The maximum Gasteiger partial charge on any atom is 0.308 e. The highest BCUT2D eigenvalue weighted by Gasteiger charge is 2.21. The van der Waals surface area contributed by atoms with Crippen LogP contribution in [0, 0.1) is 10.1 Å². The molecule has 0 N–H and O–H groups in total. The van der Waals surface area contributed by atoms with Gasteiger partial charge in [-0.25, -0.2) is 9.97 Å². The number of rotatable bonds is 6. The Morgan fingerprint density at radius 2 is 1.58 bits per heavy atom. The molecule has 138 valence electrons. The average Bonchev–Trinajstić information content (AvgIpc) is 2.55. The lowest BCUT2D eigenvalue weighted by atomic mass is 10.1. The monoisotopic (exact) mass is 359 g/mol. The molecule has 2 rings (SSSR count). The van der Waals surface area contributed by atoms with Crippen LogP contribution in [-0.4, -0.2) is 49.1 Å². The summed E-state index contributed by atoms with van der Waals surface area (Å²) in [5.41, 5.74) is 0.869. The number of hydrogen-bond acceptors (Lipinski definition) is 8. The van der Waals surface area contributed by atoms with Crippen molar-refractivity contribution in [2.75, 3.05) is 38.0 Å². The molecule has 0 saturated carbocycles. The van der Waals surface area contributed by atoms with Crippen LogP contribution in [0.1, 0.15) is 18.3 Å². The standard InChI is InChI=1S/C17H21N5O4/c1-11(23)26-15-16(20(2)3)18-14(19-17(15)21(4)5)10-12-6-8-13(9-7-12)22(24)25/h6-9H,10H2,1-5H3. The molecule has 0 radical (unpaired) electrons. The van der Waals surface area contributed by atoms with E-state index in [1.54, 1.807) is 50.1 Å². The van der Waals surface area contributed by atoms with E-state index >= 15 is 0 Å². The van der Waals surface area contributed by atoms with E-state index in [9.17, 15) is 14.9 Å². The molecule has 0 aliphatic heterocycles. The summed E-state index contributed by atoms with van der Waals surface area (Å²) in [6.07, 6.45) is 0.389. The lowest BCUT2D eigenvalue weighted by molar-refractivity contribution is -0.384. The van der Waals surface area contributed by atoms with Crippen molar-refractivity contribution < 1.29 is 14.5 Å². The summed E-state index contributed by atoms with van der Waals surface area (Å²) < 4.78 is 5.32. The molecule has 0 spiro atoms. The fourth-order valence-corrected chi connectivity index (χ4v) is 2.31. The number of ether oxygens (including phenoxy) is 1. The van der Waals surface area contributed by atoms with Gasteiger partial charge in [0.2, 0.25) is 5.75 Å². The van der Waals surface area contributed by atoms with Gasteiger partial charge < -0.3 is 14.5 Å². The number of carbonyl (C=O) groups excluding carboxylic acids is 1. The molecule has 9 heteroatoms. The molecule has 0 unspecified atom stereocenters. The lowest BCUT2D eigenvalue weighted by Crippen LogP contribution is -2.21. The largest absolute Gasteiger partial charge is 0.419 e. The van der Waals surface area contributed by atoms with E-state index in [-0.39, 0.29) is 5.69 Å². The Hall–Kier alpha value is -3.23. The number of aromatic nitrogens is 2. The molecule has 2 aromatic rings. The lowest BCUT2D eigenvalue weighted by Gasteiger charge is -2.22. The smallest absolute Gasteiger partial charge is 0.308 e. The van der Waals surface area contributed by atoms with Gasteiger partial charge in [-0.1, -0.05) is 12.1 Å². The highest BCUT2D eigenvalue weighted by Crippen LogP contribution is 2.34. The van der Waals surface area contributed by atoms with E-state index in [0.29, 0.717) is 29.6 Å². The van der Waals surface area contributed by atoms with Crippen LogP contribution in [0.2, 0.25) is 0 Å². The average molecular weight is 359 g/mol. The summed E-state index contributed by atoms with van der Waals surface area (Å²) >= 11 is 0. The van der Waals surface area contributed by atoms with Crippen LogP contribution >= 0.6 is 0 Å². The molecule has 1 aromatic carbocycles. The van der Waals surface area contributed by atoms with Crippen molar-refractivity contribution in [3.63, 3.8) is 0 Å². The van der Waals surface area contributed by atoms with Crippen molar-refractivity contribution in [3.05, 3.63) is 45.8 Å². The zero-order valence-corrected chi connectivity index (χ0v) is 15.4. The number of nitrogens with zero attached hydrogens (tertiary/aromatic N) is 5. The van der Waals surface area contributed by atoms with E-state index < -0.39 is 10.9 Å². The molecule has 0 atom stereocenters. The molecule has 26 heavy (non-hydrogen) atoms. The molecule has 0 amide bonds. The van der Waals surface area contributed by atoms with Crippen molar-refractivity contribution in [3.8, 4) is 5.75 Å². The number of hydrogen-bond donors (Lipinski definition) is 0. The summed E-state index contributed by atoms with van der Waals surface area (Å²) in [5.74, 6) is 1.32. The Balaban J connectivity index is 2.45. The minimum absolute atomic E-state index is 0.0304. The second-order valence-corrected chi connectivity index (χ2v) is 6.10. The maximum absolute atomic E-state index is 11.5. The third kappa shape index (κ3) is 4.44. The zero-order valence-electron chi connectivity index (χ0n) is 15.4. The Labute approximate surface area is 151 Å². The Bertz CT molecular complexity index is 789. The predicted molar refractivity (Wildman–Crippen MR) is 97.9 cm³/mol. The number of anilines is 2. The Kier molecular flexibility index (Phi) is 5.71. The molecule has 0 aliphatic rings. The zero-order chi connectivity index (χ0) is 19.4. The highest BCUT2D eigenvalue weighted by atomic mass is 16.6. The van der Waals surface area contributed by atoms with Gasteiger partial charge in [0.25, 0.3) is 5.69 Å². The topological polar surface area (TPSA) is 102 Å². The molecule has 1 heterocycles. The van der Waals surface area contributed by atoms with E-state index in [1.165, 1.54) is 19.1 Å². The molecular weight excluding hydrogens is 338 g/mol. The van der Waals surface area contributed by atoms with Gasteiger partial charge in [-0.3, -0.25) is 14.9 Å². The van der Waals surface area contributed by atoms with Crippen molar-refractivity contribution in [2.45, 2.75) is 13.3 Å². The number of carbonyl (C=O) groups is 1. The van der Waals surface area contributed by atoms with Gasteiger partial charge in [-0.05, 0) is 5.56 Å². The summed E-state index contributed by atoms with van der Waals surface area (Å²) in [5, 5.41) is 10.8. The van der Waals surface area contributed by atoms with Crippen LogP contribution in [-0.2, 0) is 11.2 Å². The molecule has 0 bridgehead atoms. The second-order valence-electron chi connectivity index (χ2n) is 6.10. The molecule has 0 aliphatic carbocycles. The molecule has 9 nitrogen and oxygen atoms in total. The number of non-ortho nitro benzene ring substituents is 1. The fourth-order valence-electron chi connectivity index (χ4n) is 2.31. The van der Waals surface area contributed by atoms with E-state index in [2.05, 4.69) is 9.97 Å². The van der Waals surface area contributed by atoms with Crippen LogP contribution in [0.15, 0.2) is 24.3 Å². The van der Waals surface area contributed by atoms with Crippen molar-refractivity contribution >= 4 is 23.3 Å². The van der Waals surface area contributed by atoms with Crippen LogP contribution in [0.25, 0.3) is 0 Å². The first kappa shape index (κ1) is 19.1. The van der Waals surface area contributed by atoms with Gasteiger partial charge >= 0.3 is 5.97 Å². The predicted octanol–water partition coefficient (Wildman–Crippen LogP) is 2.03. The van der Waals surface area contributed by atoms with Crippen LogP contribution in [0.5, 0.6) is 5.75 Å². The van der Waals surface area contributed by atoms with Gasteiger partial charge in [-0.2, -0.15) is 0 Å². The number of benzene rings is 1. The molecule has 0 saturated heterocycles. The number of esters is 1. The molecule has 1 aromatic heterocycles. The SMILES string of the molecule is CC(=O)Oc1c(N(C)C)nc(Cc2ccc([N+](=O)[O-])cc2)nc1N(C)C. The van der Waals surface area contributed by atoms with Crippen LogP contribution in [0.4, 0.5) is 17.3 Å². The first-order valence-corrected chi connectivity index (χ1v) is 7.86. The molecular formula is C17H21N5O4. The van der Waals surface area contributed by atoms with Gasteiger partial charge in [0.15, 0.2) is 11.6 Å². The fraction of sp³-hybridized carbons (Fsp3) is 0.353. The van der Waals surface area contributed by atoms with Crippen LogP contribution in [0.3, 0.4) is 0 Å². The van der Waals surface area contributed by atoms with Gasteiger partial charge in [0.1, 0.15) is 5.82 Å². The number of nitro benzene ring substituents is 1. The first-order valence-electron chi connectivity index (χ1n) is 7.86. The van der Waals surface area contributed by atoms with Gasteiger partial charge in [0.05, 0.1) is 4.92 Å². The first-order chi connectivity index (χ1) is 12.2. The molecule has 0 fully saturated rings. The minimum atomic E-state index is -0.456. The third-order valence-corrected chi connectivity index (χ3v) is 3.48. The van der Waals surface area contributed by atoms with Gasteiger partial charge in [0, 0.05) is 53.7 Å². The van der Waals surface area contributed by atoms with E-state index in [1.807, 2.05) is 0 Å². The summed E-state index contributed by atoms with van der Waals surface area (Å²) in [7, 11) is 7.18. The number of nitro groups is 1. The van der Waals surface area contributed by atoms with Crippen LogP contribution < -0.4 is 14.5 Å². The third-order valence-electron chi connectivity index (χ3n) is 3.48. The highest BCUT2D eigenvalue weighted by molar-refractivity contribution is 5.76. The Morgan fingerprint density at radius 1 is 1.08 bits per heavy atom. The van der Waals surface area contributed by atoms with Crippen molar-refractivity contribution in [2.24, 2.45) is 0 Å². The maximum atomic E-state index is 11.5. The summed E-state index contributed by atoms with van der Waals surface area (Å²) in [6, 6.07) is 6.24.